The predicted octanol–water partition coefficient (Wildman–Crippen LogP) is 1.32. The largest absolute Gasteiger partial charge is 0.369 e. The highest BCUT2D eigenvalue weighted by Gasteiger charge is 2.59. The van der Waals surface area contributed by atoms with Gasteiger partial charge in [-0.05, 0) is 43.9 Å². The lowest BCUT2D eigenvalue weighted by atomic mass is 9.88. The van der Waals surface area contributed by atoms with E-state index in [1.54, 1.807) is 0 Å². The molecule has 2 heterocycles. The van der Waals surface area contributed by atoms with Crippen molar-refractivity contribution in [1.82, 2.24) is 9.80 Å². The van der Waals surface area contributed by atoms with Gasteiger partial charge in [-0.25, -0.2) is 0 Å². The van der Waals surface area contributed by atoms with E-state index in [0.717, 1.165) is 19.6 Å². The lowest BCUT2D eigenvalue weighted by molar-refractivity contribution is -0.142. The first-order chi connectivity index (χ1) is 11.4. The lowest BCUT2D eigenvalue weighted by Crippen LogP contribution is -2.43. The zero-order valence-corrected chi connectivity index (χ0v) is 14.4. The molecule has 0 aromatic heterocycles. The number of hydrogen-bond acceptors (Lipinski definition) is 3. The van der Waals surface area contributed by atoms with Crippen LogP contribution in [0.4, 0.5) is 0 Å². The molecule has 3 fully saturated rings. The Hall–Kier alpha value is -1.88. The van der Waals surface area contributed by atoms with Gasteiger partial charge >= 0.3 is 0 Å². The highest BCUT2D eigenvalue weighted by molar-refractivity contribution is 6.07. The van der Waals surface area contributed by atoms with E-state index in [1.807, 2.05) is 4.90 Å². The van der Waals surface area contributed by atoms with Crippen LogP contribution in [-0.4, -0.2) is 48.3 Å². The standard InChI is InChI=1S/C19H25N3O2/c1-12-5-3-4-6-14(12)16-15-11-22(10-13(15)9-21(16)2)18(24)19(7-8-19)17(20)23/h3-6,13,15-16H,7-11H2,1-2H3,(H2,20,23)/t13-,15+,16+/m0/s1. The highest BCUT2D eigenvalue weighted by atomic mass is 16.2. The number of nitrogens with two attached hydrogens (primary N) is 1. The summed E-state index contributed by atoms with van der Waals surface area (Å²) in [5.41, 5.74) is 7.26. The second kappa shape index (κ2) is 5.31. The van der Waals surface area contributed by atoms with Crippen LogP contribution in [0.15, 0.2) is 24.3 Å². The van der Waals surface area contributed by atoms with Crippen LogP contribution in [0.25, 0.3) is 0 Å². The molecule has 2 amide bonds. The Kier molecular flexibility index (Phi) is 3.46. The first-order valence-corrected chi connectivity index (χ1v) is 8.79. The number of fused-ring (bicyclic) bond motifs is 1. The average molecular weight is 327 g/mol. The first kappa shape index (κ1) is 15.6. The second-order valence-electron chi connectivity index (χ2n) is 7.82. The third kappa shape index (κ3) is 2.18. The Morgan fingerprint density at radius 3 is 2.50 bits per heavy atom. The van der Waals surface area contributed by atoms with Gasteiger partial charge in [-0.2, -0.15) is 0 Å². The molecule has 5 heteroatoms. The molecule has 2 aliphatic heterocycles. The monoisotopic (exact) mass is 327 g/mol. The number of likely N-dealkylation sites (tertiary alicyclic amines) is 2. The smallest absolute Gasteiger partial charge is 0.238 e. The minimum atomic E-state index is -0.886. The number of benzene rings is 1. The van der Waals surface area contributed by atoms with Gasteiger partial charge in [-0.15, -0.1) is 0 Å². The normalized spacial score (nSPS) is 31.1. The summed E-state index contributed by atoms with van der Waals surface area (Å²) in [6.45, 7) is 4.64. The Morgan fingerprint density at radius 2 is 1.88 bits per heavy atom. The van der Waals surface area contributed by atoms with Crippen LogP contribution in [0.3, 0.4) is 0 Å². The minimum absolute atomic E-state index is 0.0319. The van der Waals surface area contributed by atoms with Crippen molar-refractivity contribution in [1.29, 1.82) is 0 Å². The van der Waals surface area contributed by atoms with Gasteiger partial charge in [0.25, 0.3) is 0 Å². The third-order valence-electron chi connectivity index (χ3n) is 6.32. The van der Waals surface area contributed by atoms with Crippen molar-refractivity contribution < 1.29 is 9.59 Å². The van der Waals surface area contributed by atoms with Crippen molar-refractivity contribution in [3.05, 3.63) is 35.4 Å². The number of primary amides is 1. The van der Waals surface area contributed by atoms with Gasteiger partial charge < -0.3 is 10.6 Å². The molecule has 3 atom stereocenters. The van der Waals surface area contributed by atoms with E-state index in [-0.39, 0.29) is 5.91 Å². The average Bonchev–Trinajstić information content (AvgIpc) is 3.18. The van der Waals surface area contributed by atoms with Crippen molar-refractivity contribution in [2.24, 2.45) is 23.0 Å². The molecule has 1 aromatic rings. The number of rotatable bonds is 3. The number of hydrogen-bond donors (Lipinski definition) is 1. The van der Waals surface area contributed by atoms with Gasteiger partial charge in [0.15, 0.2) is 0 Å². The number of aryl methyl sites for hydroxylation is 1. The van der Waals surface area contributed by atoms with E-state index >= 15 is 0 Å². The molecule has 0 radical (unpaired) electrons. The molecular formula is C19H25N3O2. The fourth-order valence-corrected chi connectivity index (χ4v) is 4.80. The maximum Gasteiger partial charge on any atom is 0.238 e. The molecule has 5 nitrogen and oxygen atoms in total. The van der Waals surface area contributed by atoms with Crippen LogP contribution >= 0.6 is 0 Å². The molecule has 128 valence electrons. The molecule has 3 aliphatic rings. The molecule has 0 unspecified atom stereocenters. The number of amides is 2. The maximum atomic E-state index is 12.8. The maximum absolute atomic E-state index is 12.8. The highest BCUT2D eigenvalue weighted by Crippen LogP contribution is 2.50. The molecule has 4 rings (SSSR count). The lowest BCUT2D eigenvalue weighted by Gasteiger charge is -2.29. The Balaban J connectivity index is 1.57. The van der Waals surface area contributed by atoms with Crippen molar-refractivity contribution in [3.8, 4) is 0 Å². The van der Waals surface area contributed by atoms with E-state index < -0.39 is 11.3 Å². The van der Waals surface area contributed by atoms with Crippen LogP contribution in [0.2, 0.25) is 0 Å². The van der Waals surface area contributed by atoms with E-state index in [1.165, 1.54) is 11.1 Å². The first-order valence-electron chi connectivity index (χ1n) is 8.79. The molecule has 0 spiro atoms. The zero-order valence-electron chi connectivity index (χ0n) is 14.4. The zero-order chi connectivity index (χ0) is 17.1. The van der Waals surface area contributed by atoms with E-state index in [2.05, 4.69) is 43.1 Å². The summed E-state index contributed by atoms with van der Waals surface area (Å²) in [6.07, 6.45) is 1.24. The second-order valence-corrected chi connectivity index (χ2v) is 7.82. The summed E-state index contributed by atoms with van der Waals surface area (Å²) >= 11 is 0. The van der Waals surface area contributed by atoms with Crippen LogP contribution in [-0.2, 0) is 9.59 Å². The third-order valence-corrected chi connectivity index (χ3v) is 6.32. The summed E-state index contributed by atoms with van der Waals surface area (Å²) in [5.74, 6) is 0.434. The van der Waals surface area contributed by atoms with Gasteiger partial charge in [0.1, 0.15) is 5.41 Å². The molecule has 1 aromatic carbocycles. The topological polar surface area (TPSA) is 66.6 Å². The summed E-state index contributed by atoms with van der Waals surface area (Å²) in [7, 11) is 2.17. The predicted molar refractivity (Wildman–Crippen MR) is 91.0 cm³/mol. The SMILES string of the molecule is Cc1ccccc1[C@@H]1[C@@H]2CN(C(=O)C3(C(N)=O)CC3)C[C@@H]2CN1C. The summed E-state index contributed by atoms with van der Waals surface area (Å²) in [4.78, 5) is 28.8. The van der Waals surface area contributed by atoms with E-state index in [4.69, 9.17) is 5.73 Å². The van der Waals surface area contributed by atoms with E-state index in [9.17, 15) is 9.59 Å². The minimum Gasteiger partial charge on any atom is -0.369 e. The molecule has 2 N–H and O–H groups in total. The number of nitrogens with zero attached hydrogens (tertiary/aromatic N) is 2. The van der Waals surface area contributed by atoms with Crippen molar-refractivity contribution >= 4 is 11.8 Å². The molecule has 24 heavy (non-hydrogen) atoms. The quantitative estimate of drug-likeness (QED) is 0.852. The Morgan fingerprint density at radius 1 is 1.17 bits per heavy atom. The van der Waals surface area contributed by atoms with Gasteiger partial charge in [-0.3, -0.25) is 14.5 Å². The van der Waals surface area contributed by atoms with Crippen molar-refractivity contribution in [2.45, 2.75) is 25.8 Å². The molecule has 0 bridgehead atoms. The summed E-state index contributed by atoms with van der Waals surface area (Å²) in [6, 6.07) is 8.86. The Bertz CT molecular complexity index is 698. The van der Waals surface area contributed by atoms with Crippen LogP contribution in [0.5, 0.6) is 0 Å². The molecule has 1 aliphatic carbocycles. The van der Waals surface area contributed by atoms with Crippen molar-refractivity contribution in [2.75, 3.05) is 26.7 Å². The van der Waals surface area contributed by atoms with Crippen LogP contribution in [0.1, 0.15) is 30.0 Å². The van der Waals surface area contributed by atoms with Crippen LogP contribution < -0.4 is 5.73 Å². The molecular weight excluding hydrogens is 302 g/mol. The van der Waals surface area contributed by atoms with Gasteiger partial charge in [0.05, 0.1) is 0 Å². The van der Waals surface area contributed by atoms with Crippen LogP contribution in [0, 0.1) is 24.2 Å². The fraction of sp³-hybridized carbons (Fsp3) is 0.579. The number of carbonyl (C=O) groups excluding carboxylic acids is 2. The van der Waals surface area contributed by atoms with Gasteiger partial charge in [-0.1, -0.05) is 24.3 Å². The fourth-order valence-electron chi connectivity index (χ4n) is 4.80. The Labute approximate surface area is 142 Å². The molecule has 1 saturated carbocycles. The molecule has 2 saturated heterocycles. The number of carbonyl (C=O) groups is 2. The van der Waals surface area contributed by atoms with Crippen molar-refractivity contribution in [3.63, 3.8) is 0 Å². The van der Waals surface area contributed by atoms with E-state index in [0.29, 0.717) is 30.7 Å². The van der Waals surface area contributed by atoms with Gasteiger partial charge in [0.2, 0.25) is 11.8 Å². The van der Waals surface area contributed by atoms with Gasteiger partial charge in [0, 0.05) is 31.6 Å². The summed E-state index contributed by atoms with van der Waals surface area (Å²) < 4.78 is 0. The summed E-state index contributed by atoms with van der Waals surface area (Å²) in [5, 5.41) is 0.